The maximum Gasteiger partial charge on any atom is 0.337 e. The van der Waals surface area contributed by atoms with Crippen LogP contribution in [-0.2, 0) is 9.53 Å². The van der Waals surface area contributed by atoms with Gasteiger partial charge in [0.15, 0.2) is 6.10 Å². The van der Waals surface area contributed by atoms with Crippen LogP contribution in [0.2, 0.25) is 0 Å². The molecule has 0 bridgehead atoms. The van der Waals surface area contributed by atoms with Crippen LogP contribution in [0.1, 0.15) is 11.7 Å². The molecule has 0 amide bonds. The van der Waals surface area contributed by atoms with Crippen molar-refractivity contribution in [1.82, 2.24) is 0 Å². The zero-order valence-electron chi connectivity index (χ0n) is 8.05. The predicted molar refractivity (Wildman–Crippen MR) is 49.4 cm³/mol. The maximum absolute atomic E-state index is 12.5. The summed E-state index contributed by atoms with van der Waals surface area (Å²) in [5.41, 5.74) is 0.245. The van der Waals surface area contributed by atoms with Crippen molar-refractivity contribution in [1.29, 1.82) is 0 Å². The highest BCUT2D eigenvalue weighted by molar-refractivity contribution is 5.75. The quantitative estimate of drug-likeness (QED) is 0.714. The summed E-state index contributed by atoms with van der Waals surface area (Å²) in [6, 6.07) is 4.82. The molecule has 1 aromatic rings. The van der Waals surface area contributed by atoms with Crippen molar-refractivity contribution in [3.05, 3.63) is 35.6 Å². The summed E-state index contributed by atoms with van der Waals surface area (Å²) < 4.78 is 16.8. The second-order valence-electron chi connectivity index (χ2n) is 2.96. The fraction of sp³-hybridized carbons (Fsp3) is 0.300. The van der Waals surface area contributed by atoms with Crippen LogP contribution < -0.4 is 0 Å². The molecule has 1 rings (SSSR count). The third-order valence-electron chi connectivity index (χ3n) is 1.95. The van der Waals surface area contributed by atoms with Gasteiger partial charge in [0.05, 0.1) is 7.11 Å². The Bertz CT molecular complexity index is 336. The molecule has 5 heteroatoms. The Morgan fingerprint density at radius 1 is 1.33 bits per heavy atom. The largest absolute Gasteiger partial charge is 0.467 e. The monoisotopic (exact) mass is 214 g/mol. The van der Waals surface area contributed by atoms with Crippen molar-refractivity contribution in [3.63, 3.8) is 0 Å². The van der Waals surface area contributed by atoms with Crippen LogP contribution in [0.5, 0.6) is 0 Å². The highest BCUT2D eigenvalue weighted by atomic mass is 19.1. The van der Waals surface area contributed by atoms with Crippen LogP contribution >= 0.6 is 0 Å². The Morgan fingerprint density at radius 3 is 2.33 bits per heavy atom. The number of benzene rings is 1. The molecule has 1 aromatic carbocycles. The minimum Gasteiger partial charge on any atom is -0.467 e. The van der Waals surface area contributed by atoms with Gasteiger partial charge in [-0.3, -0.25) is 0 Å². The van der Waals surface area contributed by atoms with Crippen molar-refractivity contribution in [2.45, 2.75) is 12.2 Å². The van der Waals surface area contributed by atoms with Gasteiger partial charge in [-0.25, -0.2) is 9.18 Å². The highest BCUT2D eigenvalue weighted by Gasteiger charge is 2.26. The molecule has 15 heavy (non-hydrogen) atoms. The summed E-state index contributed by atoms with van der Waals surface area (Å²) in [5, 5.41) is 18.8. The number of hydrogen-bond acceptors (Lipinski definition) is 4. The van der Waals surface area contributed by atoms with E-state index in [2.05, 4.69) is 4.74 Å². The summed E-state index contributed by atoms with van der Waals surface area (Å²) in [4.78, 5) is 10.9. The Morgan fingerprint density at radius 2 is 1.87 bits per heavy atom. The predicted octanol–water partition coefficient (Wildman–Crippen LogP) is 0.393. The fourth-order valence-electron chi connectivity index (χ4n) is 1.09. The first-order valence-electron chi connectivity index (χ1n) is 4.25. The van der Waals surface area contributed by atoms with E-state index in [9.17, 15) is 19.4 Å². The van der Waals surface area contributed by atoms with E-state index < -0.39 is 24.0 Å². The van der Waals surface area contributed by atoms with E-state index in [0.717, 1.165) is 19.2 Å². The van der Waals surface area contributed by atoms with Gasteiger partial charge in [0.25, 0.3) is 0 Å². The SMILES string of the molecule is COC(=O)[C@@H](O)[C@H](O)c1ccc(F)cc1. The van der Waals surface area contributed by atoms with Gasteiger partial charge in [0.1, 0.15) is 11.9 Å². The number of carbonyl (C=O) groups is 1. The molecule has 4 nitrogen and oxygen atoms in total. The van der Waals surface area contributed by atoms with E-state index in [1.165, 1.54) is 12.1 Å². The molecule has 82 valence electrons. The molecule has 2 N–H and O–H groups in total. The van der Waals surface area contributed by atoms with Gasteiger partial charge in [-0.2, -0.15) is 0 Å². The Hall–Kier alpha value is -1.46. The molecule has 0 radical (unpaired) electrons. The average Bonchev–Trinajstić information content (AvgIpc) is 2.27. The summed E-state index contributed by atoms with van der Waals surface area (Å²) in [7, 11) is 1.10. The lowest BCUT2D eigenvalue weighted by molar-refractivity contribution is -0.156. The number of methoxy groups -OCH3 is 1. The van der Waals surface area contributed by atoms with Crippen molar-refractivity contribution < 1.29 is 24.1 Å². The standard InChI is InChI=1S/C10H11FO4/c1-15-10(14)9(13)8(12)6-2-4-7(11)5-3-6/h2-5,8-9,12-13H,1H3/t8-,9+/m1/s1. The Kier molecular flexibility index (Phi) is 3.76. The number of ether oxygens (including phenoxy) is 1. The molecule has 0 aliphatic heterocycles. The minimum atomic E-state index is -1.67. The van der Waals surface area contributed by atoms with Crippen LogP contribution in [0.15, 0.2) is 24.3 Å². The average molecular weight is 214 g/mol. The first-order chi connectivity index (χ1) is 7.06. The van der Waals surface area contributed by atoms with Gasteiger partial charge < -0.3 is 14.9 Å². The van der Waals surface area contributed by atoms with Crippen LogP contribution in [-0.4, -0.2) is 29.4 Å². The van der Waals surface area contributed by atoms with Crippen molar-refractivity contribution in [2.75, 3.05) is 7.11 Å². The molecular weight excluding hydrogens is 203 g/mol. The fourth-order valence-corrected chi connectivity index (χ4v) is 1.09. The first-order valence-corrected chi connectivity index (χ1v) is 4.25. The third kappa shape index (κ3) is 2.74. The van der Waals surface area contributed by atoms with Gasteiger partial charge in [0.2, 0.25) is 0 Å². The van der Waals surface area contributed by atoms with Gasteiger partial charge in [-0.15, -0.1) is 0 Å². The normalized spacial score (nSPS) is 14.4. The van der Waals surface area contributed by atoms with Gasteiger partial charge >= 0.3 is 5.97 Å². The number of aliphatic hydroxyl groups is 2. The van der Waals surface area contributed by atoms with Crippen LogP contribution in [0.25, 0.3) is 0 Å². The number of aliphatic hydroxyl groups excluding tert-OH is 2. The number of halogens is 1. The van der Waals surface area contributed by atoms with Crippen molar-refractivity contribution in [3.8, 4) is 0 Å². The van der Waals surface area contributed by atoms with Crippen LogP contribution in [0.3, 0.4) is 0 Å². The third-order valence-corrected chi connectivity index (χ3v) is 1.95. The second-order valence-corrected chi connectivity index (χ2v) is 2.96. The summed E-state index contributed by atoms with van der Waals surface area (Å²) in [6.45, 7) is 0. The molecule has 0 saturated carbocycles. The molecular formula is C10H11FO4. The minimum absolute atomic E-state index is 0.245. The van der Waals surface area contributed by atoms with Crippen molar-refractivity contribution >= 4 is 5.97 Å². The molecule has 0 aliphatic carbocycles. The molecule has 0 aliphatic rings. The molecule has 0 fully saturated rings. The van der Waals surface area contributed by atoms with E-state index in [4.69, 9.17) is 0 Å². The zero-order valence-corrected chi connectivity index (χ0v) is 8.05. The number of carbonyl (C=O) groups excluding carboxylic acids is 1. The summed E-state index contributed by atoms with van der Waals surface area (Å²) >= 11 is 0. The Labute approximate surface area is 85.9 Å². The summed E-state index contributed by atoms with van der Waals surface area (Å²) in [6.07, 6.45) is -3.08. The Balaban J connectivity index is 2.80. The van der Waals surface area contributed by atoms with Gasteiger partial charge in [-0.1, -0.05) is 12.1 Å². The number of rotatable bonds is 3. The topological polar surface area (TPSA) is 66.8 Å². The zero-order chi connectivity index (χ0) is 11.4. The number of esters is 1. The lowest BCUT2D eigenvalue weighted by Gasteiger charge is -2.15. The maximum atomic E-state index is 12.5. The van der Waals surface area contributed by atoms with E-state index in [1.807, 2.05) is 0 Å². The molecule has 0 heterocycles. The highest BCUT2D eigenvalue weighted by Crippen LogP contribution is 2.17. The van der Waals surface area contributed by atoms with Gasteiger partial charge in [0, 0.05) is 0 Å². The second kappa shape index (κ2) is 4.86. The molecule has 0 saturated heterocycles. The number of hydrogen-bond donors (Lipinski definition) is 2. The van der Waals surface area contributed by atoms with E-state index >= 15 is 0 Å². The smallest absolute Gasteiger partial charge is 0.337 e. The first kappa shape index (κ1) is 11.6. The summed E-state index contributed by atoms with van der Waals surface area (Å²) in [5.74, 6) is -1.40. The van der Waals surface area contributed by atoms with Crippen LogP contribution in [0.4, 0.5) is 4.39 Å². The molecule has 0 aromatic heterocycles. The van der Waals surface area contributed by atoms with E-state index in [-0.39, 0.29) is 5.56 Å². The van der Waals surface area contributed by atoms with Crippen LogP contribution in [0, 0.1) is 5.82 Å². The lowest BCUT2D eigenvalue weighted by atomic mass is 10.0. The van der Waals surface area contributed by atoms with E-state index in [0.29, 0.717) is 0 Å². The molecule has 0 spiro atoms. The van der Waals surface area contributed by atoms with Gasteiger partial charge in [-0.05, 0) is 17.7 Å². The van der Waals surface area contributed by atoms with E-state index in [1.54, 1.807) is 0 Å². The lowest BCUT2D eigenvalue weighted by Crippen LogP contribution is -2.28. The molecule has 2 atom stereocenters. The van der Waals surface area contributed by atoms with Crippen molar-refractivity contribution in [2.24, 2.45) is 0 Å². The molecule has 0 unspecified atom stereocenters.